The van der Waals surface area contributed by atoms with E-state index in [9.17, 15) is 24.0 Å². The summed E-state index contributed by atoms with van der Waals surface area (Å²) >= 11 is 0. The van der Waals surface area contributed by atoms with Gasteiger partial charge in [0.15, 0.2) is 0 Å². The fraction of sp³-hybridized carbons (Fsp3) is 0.667. The second-order valence-electron chi connectivity index (χ2n) is 7.69. The molecule has 0 aliphatic carbocycles. The predicted octanol–water partition coefficient (Wildman–Crippen LogP) is 2.90. The number of hydrogen-bond donors (Lipinski definition) is 0. The van der Waals surface area contributed by atoms with Crippen molar-refractivity contribution in [3.8, 4) is 0 Å². The molecule has 4 atom stereocenters. The third-order valence-electron chi connectivity index (χ3n) is 5.62. The Kier molecular flexibility index (Phi) is 8.08. The normalized spacial score (nSPS) is 24.0. The van der Waals surface area contributed by atoms with Gasteiger partial charge in [0.25, 0.3) is 0 Å². The second-order valence-corrected chi connectivity index (χ2v) is 7.69. The maximum Gasteiger partial charge on any atom is 0.317 e. The van der Waals surface area contributed by atoms with Crippen molar-refractivity contribution in [2.24, 2.45) is 23.7 Å². The summed E-state index contributed by atoms with van der Waals surface area (Å²) in [5, 5.41) is 0. The number of ketones is 1. The number of hydrogen-bond acceptors (Lipinski definition) is 7. The first-order valence-electron chi connectivity index (χ1n) is 9.94. The van der Waals surface area contributed by atoms with Gasteiger partial charge in [-0.15, -0.1) is 6.58 Å². The molecule has 2 aliphatic rings. The van der Waals surface area contributed by atoms with Gasteiger partial charge >= 0.3 is 23.9 Å². The lowest BCUT2D eigenvalue weighted by molar-refractivity contribution is -0.156. The summed E-state index contributed by atoms with van der Waals surface area (Å²) in [6.45, 7) is 5.38. The molecule has 28 heavy (non-hydrogen) atoms. The molecular weight excluding hydrogens is 364 g/mol. The number of cyclic esters (lactones) is 4. The van der Waals surface area contributed by atoms with Gasteiger partial charge < -0.3 is 14.3 Å². The van der Waals surface area contributed by atoms with E-state index >= 15 is 0 Å². The van der Waals surface area contributed by atoms with Crippen LogP contribution in [0.1, 0.15) is 64.7 Å². The first-order chi connectivity index (χ1) is 13.3. The molecule has 2 aliphatic heterocycles. The zero-order valence-corrected chi connectivity index (χ0v) is 16.3. The van der Waals surface area contributed by atoms with E-state index < -0.39 is 41.6 Å². The van der Waals surface area contributed by atoms with Gasteiger partial charge in [-0.2, -0.15) is 0 Å². The molecule has 2 saturated heterocycles. The number of unbranched alkanes of at least 4 members (excludes halogenated alkanes) is 4. The average Bonchev–Trinajstić information content (AvgIpc) is 3.13. The van der Waals surface area contributed by atoms with Crippen LogP contribution in [0.5, 0.6) is 0 Å². The molecule has 0 aromatic heterocycles. The highest BCUT2D eigenvalue weighted by atomic mass is 16.6. The lowest BCUT2D eigenvalue weighted by Gasteiger charge is -2.29. The van der Waals surface area contributed by atoms with E-state index in [4.69, 9.17) is 4.74 Å². The zero-order chi connectivity index (χ0) is 20.7. The van der Waals surface area contributed by atoms with Gasteiger partial charge in [0, 0.05) is 6.42 Å². The number of rotatable bonds is 12. The van der Waals surface area contributed by atoms with Gasteiger partial charge in [-0.1, -0.05) is 31.8 Å². The van der Waals surface area contributed by atoms with Crippen molar-refractivity contribution in [2.75, 3.05) is 0 Å². The Hall–Kier alpha value is -2.31. The Labute approximate surface area is 164 Å². The van der Waals surface area contributed by atoms with Crippen LogP contribution in [0, 0.1) is 23.7 Å². The van der Waals surface area contributed by atoms with Gasteiger partial charge in [-0.05, 0) is 31.6 Å². The number of carbonyl (C=O) groups excluding carboxylic acids is 5. The highest BCUT2D eigenvalue weighted by Gasteiger charge is 2.47. The summed E-state index contributed by atoms with van der Waals surface area (Å²) in [5.74, 6) is -4.14. The largest absolute Gasteiger partial charge is 0.393 e. The van der Waals surface area contributed by atoms with Crippen LogP contribution in [0.4, 0.5) is 0 Å². The molecular formula is C21H28O7. The molecule has 7 heteroatoms. The Balaban J connectivity index is 1.99. The third-order valence-corrected chi connectivity index (χ3v) is 5.62. The number of esters is 4. The summed E-state index contributed by atoms with van der Waals surface area (Å²) in [4.78, 5) is 58.3. The zero-order valence-electron chi connectivity index (χ0n) is 16.3. The molecule has 0 bridgehead atoms. The summed E-state index contributed by atoms with van der Waals surface area (Å²) in [6.07, 6.45) is 7.29. The predicted molar refractivity (Wildman–Crippen MR) is 98.6 cm³/mol. The molecule has 0 saturated carbocycles. The van der Waals surface area contributed by atoms with Crippen LogP contribution in [-0.2, 0) is 33.4 Å². The quantitative estimate of drug-likeness (QED) is 0.218. The highest BCUT2D eigenvalue weighted by Crippen LogP contribution is 2.40. The van der Waals surface area contributed by atoms with Crippen molar-refractivity contribution in [2.45, 2.75) is 64.7 Å². The Bertz CT molecular complexity index is 651. The fourth-order valence-corrected chi connectivity index (χ4v) is 4.19. The molecule has 4 unspecified atom stereocenters. The van der Waals surface area contributed by atoms with Crippen LogP contribution in [0.3, 0.4) is 0 Å². The van der Waals surface area contributed by atoms with Crippen LogP contribution >= 0.6 is 0 Å². The first kappa shape index (κ1) is 22.0. The number of carbonyl (C=O) groups is 5. The molecule has 0 N–H and O–H groups in total. The molecule has 154 valence electrons. The minimum atomic E-state index is -0.672. The average molecular weight is 392 g/mol. The van der Waals surface area contributed by atoms with Crippen LogP contribution in [0.15, 0.2) is 12.7 Å². The summed E-state index contributed by atoms with van der Waals surface area (Å²) in [5.41, 5.74) is 0. The Morgan fingerprint density at radius 1 is 0.964 bits per heavy atom. The molecule has 2 rings (SSSR count). The summed E-state index contributed by atoms with van der Waals surface area (Å²) < 4.78 is 9.39. The van der Waals surface area contributed by atoms with Crippen molar-refractivity contribution < 1.29 is 33.4 Å². The van der Waals surface area contributed by atoms with Gasteiger partial charge in [0.1, 0.15) is 5.78 Å². The minimum absolute atomic E-state index is 0.0117. The molecule has 0 amide bonds. The van der Waals surface area contributed by atoms with Gasteiger partial charge in [-0.3, -0.25) is 19.2 Å². The lowest BCUT2D eigenvalue weighted by atomic mass is 9.71. The number of Topliss-reactive ketones (excluding diaryl/α,β-unsaturated/α-hetero) is 1. The molecule has 7 nitrogen and oxygen atoms in total. The van der Waals surface area contributed by atoms with E-state index in [0.29, 0.717) is 12.8 Å². The van der Waals surface area contributed by atoms with E-state index in [1.165, 1.54) is 0 Å². The van der Waals surface area contributed by atoms with Crippen LogP contribution in [0.2, 0.25) is 0 Å². The van der Waals surface area contributed by atoms with Crippen LogP contribution < -0.4 is 0 Å². The van der Waals surface area contributed by atoms with E-state index in [0.717, 1.165) is 32.1 Å². The fourth-order valence-electron chi connectivity index (χ4n) is 4.19. The number of allylic oxidation sites excluding steroid dienone is 1. The Morgan fingerprint density at radius 2 is 1.50 bits per heavy atom. The van der Waals surface area contributed by atoms with E-state index in [-0.39, 0.29) is 24.5 Å². The topological polar surface area (TPSA) is 104 Å². The maximum atomic E-state index is 12.2. The molecule has 0 radical (unpaired) electrons. The summed E-state index contributed by atoms with van der Waals surface area (Å²) in [7, 11) is 0. The number of ether oxygens (including phenoxy) is 2. The van der Waals surface area contributed by atoms with E-state index in [2.05, 4.69) is 11.3 Å². The molecule has 0 aromatic carbocycles. The summed E-state index contributed by atoms with van der Waals surface area (Å²) in [6, 6.07) is 0. The first-order valence-corrected chi connectivity index (χ1v) is 9.94. The SMILES string of the molecule is C=CC(C1CC(=O)OC1=O)C(CCCCCCCC(C)=O)C1CC(=O)OC1=O. The van der Waals surface area contributed by atoms with Gasteiger partial charge in [0.2, 0.25) is 0 Å². The monoisotopic (exact) mass is 392 g/mol. The lowest BCUT2D eigenvalue weighted by Crippen LogP contribution is -2.32. The van der Waals surface area contributed by atoms with Crippen molar-refractivity contribution in [1.82, 2.24) is 0 Å². The van der Waals surface area contributed by atoms with Crippen molar-refractivity contribution in [1.29, 1.82) is 0 Å². The van der Waals surface area contributed by atoms with E-state index in [1.807, 2.05) is 0 Å². The van der Waals surface area contributed by atoms with Gasteiger partial charge in [0.05, 0.1) is 24.7 Å². The maximum absolute atomic E-state index is 12.2. The molecule has 2 fully saturated rings. The molecule has 2 heterocycles. The third kappa shape index (κ3) is 5.84. The highest BCUT2D eigenvalue weighted by molar-refractivity contribution is 5.96. The minimum Gasteiger partial charge on any atom is -0.393 e. The van der Waals surface area contributed by atoms with E-state index in [1.54, 1.807) is 13.0 Å². The van der Waals surface area contributed by atoms with Crippen LogP contribution in [-0.4, -0.2) is 29.7 Å². The molecule has 0 aromatic rings. The van der Waals surface area contributed by atoms with Gasteiger partial charge in [-0.25, -0.2) is 0 Å². The van der Waals surface area contributed by atoms with Crippen molar-refractivity contribution in [3.63, 3.8) is 0 Å². The molecule has 0 spiro atoms. The standard InChI is InChI=1S/C21H28O7/c1-3-14(16-11-18(23)27-20(16)25)15(17-12-19(24)28-21(17)26)10-8-6-4-5-7-9-13(2)22/h3,14-17H,1,4-12H2,2H3. The van der Waals surface area contributed by atoms with Crippen molar-refractivity contribution >= 4 is 29.7 Å². The second kappa shape index (κ2) is 10.3. The van der Waals surface area contributed by atoms with Crippen LogP contribution in [0.25, 0.3) is 0 Å². The van der Waals surface area contributed by atoms with Crippen molar-refractivity contribution in [3.05, 3.63) is 12.7 Å². The smallest absolute Gasteiger partial charge is 0.317 e. The Morgan fingerprint density at radius 3 is 2.00 bits per heavy atom.